The summed E-state index contributed by atoms with van der Waals surface area (Å²) >= 11 is 0. The molecule has 2 atom stereocenters. The quantitative estimate of drug-likeness (QED) is 0.754. The number of carbonyl (C=O) groups excluding carboxylic acids is 2. The van der Waals surface area contributed by atoms with Crippen LogP contribution in [-0.4, -0.2) is 58.1 Å². The molecular formula is C25H35N5O2. The molecule has 7 nitrogen and oxygen atoms in total. The third-order valence-corrected chi connectivity index (χ3v) is 7.06. The van der Waals surface area contributed by atoms with E-state index in [2.05, 4.69) is 46.5 Å². The average Bonchev–Trinajstić information content (AvgIpc) is 3.22. The second kappa shape index (κ2) is 9.86. The van der Waals surface area contributed by atoms with Gasteiger partial charge in [-0.2, -0.15) is 5.10 Å². The molecule has 2 fully saturated rings. The zero-order chi connectivity index (χ0) is 22.7. The Labute approximate surface area is 190 Å². The van der Waals surface area contributed by atoms with Crippen LogP contribution in [0.15, 0.2) is 36.7 Å². The number of nitrogens with zero attached hydrogens (tertiary/aromatic N) is 4. The Bertz CT molecular complexity index is 930. The molecule has 1 N–H and O–H groups in total. The van der Waals surface area contributed by atoms with Gasteiger partial charge in [-0.15, -0.1) is 0 Å². The third-order valence-electron chi connectivity index (χ3n) is 7.06. The van der Waals surface area contributed by atoms with E-state index in [0.29, 0.717) is 25.3 Å². The van der Waals surface area contributed by atoms with Crippen LogP contribution in [0.1, 0.15) is 48.4 Å². The fourth-order valence-corrected chi connectivity index (χ4v) is 5.04. The van der Waals surface area contributed by atoms with E-state index >= 15 is 0 Å². The standard InChI is InChI=1S/C25H35N5O2/c1-18-4-6-20(7-5-18)16-30-12-10-19(11-13-30)14-26-25(32)22-8-9-23(31)29(3)24(22)21-15-27-28(2)17-21/h4-7,15,17,19,22,24H,8-14,16H2,1-3H3,(H,26,32). The van der Waals surface area contributed by atoms with Gasteiger partial charge in [0.25, 0.3) is 0 Å². The monoisotopic (exact) mass is 437 g/mol. The molecule has 0 radical (unpaired) electrons. The van der Waals surface area contributed by atoms with Crippen LogP contribution in [0.5, 0.6) is 0 Å². The molecule has 32 heavy (non-hydrogen) atoms. The largest absolute Gasteiger partial charge is 0.356 e. The van der Waals surface area contributed by atoms with E-state index in [-0.39, 0.29) is 23.8 Å². The summed E-state index contributed by atoms with van der Waals surface area (Å²) in [7, 11) is 3.65. The summed E-state index contributed by atoms with van der Waals surface area (Å²) in [5.74, 6) is 0.417. The van der Waals surface area contributed by atoms with Gasteiger partial charge < -0.3 is 10.2 Å². The van der Waals surface area contributed by atoms with Crippen LogP contribution >= 0.6 is 0 Å². The SMILES string of the molecule is Cc1ccc(CN2CCC(CNC(=O)C3CCC(=O)N(C)C3c3cnn(C)c3)CC2)cc1. The number of aryl methyl sites for hydroxylation is 2. The number of benzene rings is 1. The number of hydrogen-bond donors (Lipinski definition) is 1. The first-order valence-electron chi connectivity index (χ1n) is 11.7. The zero-order valence-electron chi connectivity index (χ0n) is 19.5. The first-order chi connectivity index (χ1) is 15.4. The third kappa shape index (κ3) is 5.21. The maximum Gasteiger partial charge on any atom is 0.225 e. The summed E-state index contributed by atoms with van der Waals surface area (Å²) in [6.45, 7) is 5.95. The first-order valence-corrected chi connectivity index (χ1v) is 11.7. The van der Waals surface area contributed by atoms with Crippen LogP contribution in [0.25, 0.3) is 0 Å². The van der Waals surface area contributed by atoms with Crippen molar-refractivity contribution in [3.8, 4) is 0 Å². The van der Waals surface area contributed by atoms with Gasteiger partial charge >= 0.3 is 0 Å². The van der Waals surface area contributed by atoms with Gasteiger partial charge in [-0.3, -0.25) is 19.2 Å². The molecule has 2 unspecified atom stereocenters. The predicted molar refractivity (Wildman–Crippen MR) is 124 cm³/mol. The highest BCUT2D eigenvalue weighted by atomic mass is 16.2. The minimum Gasteiger partial charge on any atom is -0.356 e. The number of hydrogen-bond acceptors (Lipinski definition) is 4. The Morgan fingerprint density at radius 3 is 2.50 bits per heavy atom. The van der Waals surface area contributed by atoms with Crippen LogP contribution in [0.2, 0.25) is 0 Å². The minimum absolute atomic E-state index is 0.0558. The normalized spacial score (nSPS) is 22.8. The highest BCUT2D eigenvalue weighted by Gasteiger charge is 2.39. The molecule has 172 valence electrons. The average molecular weight is 438 g/mol. The van der Waals surface area contributed by atoms with Crippen molar-refractivity contribution in [2.45, 2.75) is 45.2 Å². The Balaban J connectivity index is 1.28. The molecule has 2 aliphatic heterocycles. The van der Waals surface area contributed by atoms with Crippen LogP contribution in [-0.2, 0) is 23.2 Å². The summed E-state index contributed by atoms with van der Waals surface area (Å²) in [4.78, 5) is 29.6. The number of rotatable bonds is 6. The van der Waals surface area contributed by atoms with E-state index in [9.17, 15) is 9.59 Å². The lowest BCUT2D eigenvalue weighted by molar-refractivity contribution is -0.141. The van der Waals surface area contributed by atoms with Gasteiger partial charge in [-0.05, 0) is 50.8 Å². The maximum atomic E-state index is 13.1. The summed E-state index contributed by atoms with van der Waals surface area (Å²) < 4.78 is 1.72. The Morgan fingerprint density at radius 2 is 1.84 bits per heavy atom. The lowest BCUT2D eigenvalue weighted by atomic mass is 9.85. The number of likely N-dealkylation sites (tertiary alicyclic amines) is 2. The van der Waals surface area contributed by atoms with E-state index in [1.165, 1.54) is 11.1 Å². The van der Waals surface area contributed by atoms with E-state index in [1.54, 1.807) is 22.8 Å². The summed E-state index contributed by atoms with van der Waals surface area (Å²) in [6.07, 6.45) is 6.88. The van der Waals surface area contributed by atoms with Crippen molar-refractivity contribution >= 4 is 11.8 Å². The van der Waals surface area contributed by atoms with Crippen LogP contribution in [0, 0.1) is 18.8 Å². The molecule has 0 saturated carbocycles. The molecule has 0 aliphatic carbocycles. The second-order valence-corrected chi connectivity index (χ2v) is 9.49. The van der Waals surface area contributed by atoms with Gasteiger partial charge in [0.2, 0.25) is 11.8 Å². The van der Waals surface area contributed by atoms with Crippen molar-refractivity contribution in [2.75, 3.05) is 26.7 Å². The molecule has 0 bridgehead atoms. The maximum absolute atomic E-state index is 13.1. The smallest absolute Gasteiger partial charge is 0.225 e. The van der Waals surface area contributed by atoms with Crippen molar-refractivity contribution < 1.29 is 9.59 Å². The fraction of sp³-hybridized carbons (Fsp3) is 0.560. The number of aromatic nitrogens is 2. The molecule has 3 heterocycles. The summed E-state index contributed by atoms with van der Waals surface area (Å²) in [5, 5.41) is 7.46. The van der Waals surface area contributed by atoms with Gasteiger partial charge in [-0.1, -0.05) is 29.8 Å². The number of nitrogens with one attached hydrogen (secondary N) is 1. The molecule has 2 saturated heterocycles. The molecule has 0 spiro atoms. The van der Waals surface area contributed by atoms with Crippen molar-refractivity contribution in [1.29, 1.82) is 0 Å². The van der Waals surface area contributed by atoms with Crippen molar-refractivity contribution in [3.05, 3.63) is 53.3 Å². The molecule has 4 rings (SSSR count). The Kier molecular flexibility index (Phi) is 6.94. The topological polar surface area (TPSA) is 70.5 Å². The first kappa shape index (κ1) is 22.5. The summed E-state index contributed by atoms with van der Waals surface area (Å²) in [6, 6.07) is 8.53. The van der Waals surface area contributed by atoms with Crippen molar-refractivity contribution in [2.24, 2.45) is 18.9 Å². The molecule has 1 aromatic carbocycles. The zero-order valence-corrected chi connectivity index (χ0v) is 19.5. The van der Waals surface area contributed by atoms with Gasteiger partial charge in [0.15, 0.2) is 0 Å². The number of carbonyl (C=O) groups is 2. The molecular weight excluding hydrogens is 402 g/mol. The number of piperidine rings is 2. The van der Waals surface area contributed by atoms with Crippen molar-refractivity contribution in [1.82, 2.24) is 24.9 Å². The fourth-order valence-electron chi connectivity index (χ4n) is 5.04. The second-order valence-electron chi connectivity index (χ2n) is 9.49. The van der Waals surface area contributed by atoms with Crippen LogP contribution < -0.4 is 5.32 Å². The van der Waals surface area contributed by atoms with E-state index in [4.69, 9.17) is 0 Å². The minimum atomic E-state index is -0.249. The van der Waals surface area contributed by atoms with E-state index < -0.39 is 0 Å². The Morgan fingerprint density at radius 1 is 1.12 bits per heavy atom. The van der Waals surface area contributed by atoms with Gasteiger partial charge in [0.1, 0.15) is 0 Å². The van der Waals surface area contributed by atoms with Gasteiger partial charge in [0, 0.05) is 45.4 Å². The van der Waals surface area contributed by atoms with Gasteiger partial charge in [0.05, 0.1) is 18.2 Å². The molecule has 2 amide bonds. The molecule has 1 aromatic heterocycles. The lowest BCUT2D eigenvalue weighted by Crippen LogP contribution is -2.47. The predicted octanol–water partition coefficient (Wildman–Crippen LogP) is 2.67. The van der Waals surface area contributed by atoms with E-state index in [1.807, 2.05) is 13.2 Å². The Hall–Kier alpha value is -2.67. The highest BCUT2D eigenvalue weighted by molar-refractivity contribution is 5.84. The molecule has 2 aromatic rings. The van der Waals surface area contributed by atoms with E-state index in [0.717, 1.165) is 38.0 Å². The van der Waals surface area contributed by atoms with Gasteiger partial charge in [-0.25, -0.2) is 0 Å². The highest BCUT2D eigenvalue weighted by Crippen LogP contribution is 2.35. The molecule has 2 aliphatic rings. The summed E-state index contributed by atoms with van der Waals surface area (Å²) in [5.41, 5.74) is 3.58. The van der Waals surface area contributed by atoms with Crippen molar-refractivity contribution in [3.63, 3.8) is 0 Å². The van der Waals surface area contributed by atoms with Crippen LogP contribution in [0.4, 0.5) is 0 Å². The number of amides is 2. The molecule has 7 heteroatoms. The lowest BCUT2D eigenvalue weighted by Gasteiger charge is -2.38. The van der Waals surface area contributed by atoms with Crippen LogP contribution in [0.3, 0.4) is 0 Å².